The van der Waals surface area contributed by atoms with Crippen molar-refractivity contribution < 1.29 is 9.47 Å². The molecule has 3 rings (SSSR count). The van der Waals surface area contributed by atoms with Crippen molar-refractivity contribution in [3.05, 3.63) is 28.2 Å². The van der Waals surface area contributed by atoms with E-state index in [2.05, 4.69) is 27.3 Å². The van der Waals surface area contributed by atoms with Crippen LogP contribution in [0.1, 0.15) is 24.8 Å². The van der Waals surface area contributed by atoms with Gasteiger partial charge in [-0.2, -0.15) is 0 Å². The van der Waals surface area contributed by atoms with E-state index in [4.69, 9.17) is 9.47 Å². The Labute approximate surface area is 122 Å². The van der Waals surface area contributed by atoms with Crippen molar-refractivity contribution in [1.29, 1.82) is 0 Å². The van der Waals surface area contributed by atoms with E-state index in [1.165, 1.54) is 24.8 Å². The summed E-state index contributed by atoms with van der Waals surface area (Å²) in [6, 6.07) is 6.23. The molecule has 1 aromatic carbocycles. The van der Waals surface area contributed by atoms with Crippen molar-refractivity contribution >= 4 is 15.9 Å². The van der Waals surface area contributed by atoms with Crippen molar-refractivity contribution in [2.75, 3.05) is 19.7 Å². The largest absolute Gasteiger partial charge is 0.488 e. The first kappa shape index (κ1) is 13.4. The average Bonchev–Trinajstić information content (AvgIpc) is 2.82. The predicted molar refractivity (Wildman–Crippen MR) is 78.7 cm³/mol. The van der Waals surface area contributed by atoms with Crippen molar-refractivity contribution in [2.24, 2.45) is 0 Å². The molecule has 2 aliphatic rings. The topological polar surface area (TPSA) is 30.5 Å². The van der Waals surface area contributed by atoms with Crippen LogP contribution in [0.15, 0.2) is 22.7 Å². The SMILES string of the molecule is Brc1ccc2c(c1)CC(CNCC1CCCCO1)O2. The highest BCUT2D eigenvalue weighted by atomic mass is 79.9. The molecule has 0 saturated carbocycles. The molecule has 2 aliphatic heterocycles. The molecule has 0 amide bonds. The van der Waals surface area contributed by atoms with Crippen LogP contribution in [0, 0.1) is 0 Å². The van der Waals surface area contributed by atoms with E-state index in [0.29, 0.717) is 6.10 Å². The molecule has 19 heavy (non-hydrogen) atoms. The number of hydrogen-bond donors (Lipinski definition) is 1. The molecular weight excluding hydrogens is 306 g/mol. The fourth-order valence-corrected chi connectivity index (χ4v) is 3.19. The second kappa shape index (κ2) is 6.25. The van der Waals surface area contributed by atoms with Gasteiger partial charge in [0.15, 0.2) is 0 Å². The molecule has 1 aromatic rings. The minimum atomic E-state index is 0.257. The third-order valence-electron chi connectivity index (χ3n) is 3.78. The molecule has 1 N–H and O–H groups in total. The van der Waals surface area contributed by atoms with E-state index < -0.39 is 0 Å². The van der Waals surface area contributed by atoms with Crippen LogP contribution in [0.25, 0.3) is 0 Å². The summed E-state index contributed by atoms with van der Waals surface area (Å²) in [6.45, 7) is 2.76. The lowest BCUT2D eigenvalue weighted by Crippen LogP contribution is -2.37. The van der Waals surface area contributed by atoms with Gasteiger partial charge in [-0.3, -0.25) is 0 Å². The van der Waals surface area contributed by atoms with Crippen LogP contribution >= 0.6 is 15.9 Å². The molecule has 2 heterocycles. The number of hydrogen-bond acceptors (Lipinski definition) is 3. The Morgan fingerprint density at radius 2 is 2.11 bits per heavy atom. The van der Waals surface area contributed by atoms with Gasteiger partial charge in [0.1, 0.15) is 11.9 Å². The van der Waals surface area contributed by atoms with E-state index in [-0.39, 0.29) is 6.10 Å². The first-order chi connectivity index (χ1) is 9.31. The summed E-state index contributed by atoms with van der Waals surface area (Å²) in [5, 5.41) is 3.48. The molecule has 0 spiro atoms. The average molecular weight is 326 g/mol. The smallest absolute Gasteiger partial charge is 0.123 e. The first-order valence-corrected chi connectivity index (χ1v) is 7.88. The van der Waals surface area contributed by atoms with E-state index >= 15 is 0 Å². The lowest BCUT2D eigenvalue weighted by Gasteiger charge is -2.23. The Morgan fingerprint density at radius 1 is 1.21 bits per heavy atom. The highest BCUT2D eigenvalue weighted by Crippen LogP contribution is 2.30. The van der Waals surface area contributed by atoms with Crippen LogP contribution in [0.4, 0.5) is 0 Å². The number of ether oxygens (including phenoxy) is 2. The van der Waals surface area contributed by atoms with Crippen LogP contribution in [0.3, 0.4) is 0 Å². The number of benzene rings is 1. The molecule has 1 fully saturated rings. The van der Waals surface area contributed by atoms with Gasteiger partial charge in [0.05, 0.1) is 6.10 Å². The minimum absolute atomic E-state index is 0.257. The van der Waals surface area contributed by atoms with E-state index in [1.54, 1.807) is 0 Å². The number of nitrogens with one attached hydrogen (secondary N) is 1. The highest BCUT2D eigenvalue weighted by Gasteiger charge is 2.23. The maximum absolute atomic E-state index is 5.93. The summed E-state index contributed by atoms with van der Waals surface area (Å²) in [5.41, 5.74) is 1.30. The Bertz CT molecular complexity index is 432. The minimum Gasteiger partial charge on any atom is -0.488 e. The van der Waals surface area contributed by atoms with Crippen molar-refractivity contribution in [2.45, 2.75) is 37.9 Å². The van der Waals surface area contributed by atoms with Crippen LogP contribution < -0.4 is 10.1 Å². The zero-order valence-electron chi connectivity index (χ0n) is 11.0. The van der Waals surface area contributed by atoms with Gasteiger partial charge in [-0.25, -0.2) is 0 Å². The van der Waals surface area contributed by atoms with Gasteiger partial charge in [0.25, 0.3) is 0 Å². The quantitative estimate of drug-likeness (QED) is 0.923. The lowest BCUT2D eigenvalue weighted by atomic mass is 10.1. The molecule has 0 radical (unpaired) electrons. The molecular formula is C15H20BrNO2. The number of halogens is 1. The van der Waals surface area contributed by atoms with Crippen molar-refractivity contribution in [1.82, 2.24) is 5.32 Å². The second-order valence-corrected chi connectivity index (χ2v) is 6.26. The maximum atomic E-state index is 5.93. The van der Waals surface area contributed by atoms with Crippen LogP contribution in [0.5, 0.6) is 5.75 Å². The molecule has 4 heteroatoms. The third kappa shape index (κ3) is 3.50. The van der Waals surface area contributed by atoms with Gasteiger partial charge in [-0.1, -0.05) is 15.9 Å². The van der Waals surface area contributed by atoms with Gasteiger partial charge in [0, 0.05) is 30.6 Å². The molecule has 0 aromatic heterocycles. The van der Waals surface area contributed by atoms with Crippen molar-refractivity contribution in [3.63, 3.8) is 0 Å². The maximum Gasteiger partial charge on any atom is 0.123 e. The standard InChI is InChI=1S/C15H20BrNO2/c16-12-4-5-15-11(7-12)8-14(19-15)10-17-9-13-3-1-2-6-18-13/h4-5,7,13-14,17H,1-3,6,8-10H2. The zero-order valence-corrected chi connectivity index (χ0v) is 12.6. The summed E-state index contributed by atoms with van der Waals surface area (Å²) >= 11 is 3.50. The first-order valence-electron chi connectivity index (χ1n) is 7.08. The monoisotopic (exact) mass is 325 g/mol. The fourth-order valence-electron chi connectivity index (χ4n) is 2.78. The second-order valence-electron chi connectivity index (χ2n) is 5.34. The number of fused-ring (bicyclic) bond motifs is 1. The molecule has 1 saturated heterocycles. The Balaban J connectivity index is 1.43. The highest BCUT2D eigenvalue weighted by molar-refractivity contribution is 9.10. The predicted octanol–water partition coefficient (Wildman–Crippen LogP) is 2.91. The van der Waals surface area contributed by atoms with E-state index in [9.17, 15) is 0 Å². The van der Waals surface area contributed by atoms with Crippen LogP contribution in [-0.4, -0.2) is 31.9 Å². The van der Waals surface area contributed by atoms with E-state index in [1.807, 2.05) is 12.1 Å². The molecule has 3 nitrogen and oxygen atoms in total. The fraction of sp³-hybridized carbons (Fsp3) is 0.600. The van der Waals surface area contributed by atoms with Gasteiger partial charge in [0.2, 0.25) is 0 Å². The third-order valence-corrected chi connectivity index (χ3v) is 4.28. The normalized spacial score (nSPS) is 25.9. The Morgan fingerprint density at radius 3 is 2.95 bits per heavy atom. The Hall–Kier alpha value is -0.580. The lowest BCUT2D eigenvalue weighted by molar-refractivity contribution is 0.0159. The molecule has 2 unspecified atom stereocenters. The van der Waals surface area contributed by atoms with Crippen molar-refractivity contribution in [3.8, 4) is 5.75 Å². The summed E-state index contributed by atoms with van der Waals surface area (Å²) in [4.78, 5) is 0. The summed E-state index contributed by atoms with van der Waals surface area (Å²) < 4.78 is 12.8. The van der Waals surface area contributed by atoms with Gasteiger partial charge < -0.3 is 14.8 Å². The molecule has 104 valence electrons. The van der Waals surface area contributed by atoms with Gasteiger partial charge >= 0.3 is 0 Å². The van der Waals surface area contributed by atoms with Gasteiger partial charge in [-0.15, -0.1) is 0 Å². The van der Waals surface area contributed by atoms with Crippen LogP contribution in [-0.2, 0) is 11.2 Å². The Kier molecular flexibility index (Phi) is 4.41. The summed E-state index contributed by atoms with van der Waals surface area (Å²) in [5.74, 6) is 1.03. The summed E-state index contributed by atoms with van der Waals surface area (Å²) in [6.07, 6.45) is 5.34. The van der Waals surface area contributed by atoms with Gasteiger partial charge in [-0.05, 0) is 43.0 Å². The molecule has 0 bridgehead atoms. The van der Waals surface area contributed by atoms with Crippen LogP contribution in [0.2, 0.25) is 0 Å². The summed E-state index contributed by atoms with van der Waals surface area (Å²) in [7, 11) is 0. The zero-order chi connectivity index (χ0) is 13.1. The molecule has 0 aliphatic carbocycles. The number of rotatable bonds is 4. The molecule has 2 atom stereocenters. The van der Waals surface area contributed by atoms with E-state index in [0.717, 1.165) is 36.3 Å².